The average Bonchev–Trinajstić information content (AvgIpc) is 3.42. The van der Waals surface area contributed by atoms with E-state index in [-0.39, 0.29) is 29.8 Å². The Labute approximate surface area is 193 Å². The van der Waals surface area contributed by atoms with Crippen molar-refractivity contribution in [2.75, 3.05) is 0 Å². The van der Waals surface area contributed by atoms with Gasteiger partial charge in [0.25, 0.3) is 5.69 Å². The van der Waals surface area contributed by atoms with Crippen molar-refractivity contribution in [3.8, 4) is 0 Å². The van der Waals surface area contributed by atoms with Crippen molar-refractivity contribution >= 4 is 35.0 Å². The van der Waals surface area contributed by atoms with Crippen LogP contribution >= 0.6 is 11.3 Å². The van der Waals surface area contributed by atoms with Crippen LogP contribution < -0.4 is 0 Å². The Bertz CT molecular complexity index is 1200. The summed E-state index contributed by atoms with van der Waals surface area (Å²) >= 11 is 1.46. The van der Waals surface area contributed by atoms with Crippen molar-refractivity contribution in [1.82, 2.24) is 9.55 Å². The summed E-state index contributed by atoms with van der Waals surface area (Å²) in [7, 11) is 0. The van der Waals surface area contributed by atoms with Crippen LogP contribution in [0.15, 0.2) is 47.5 Å². The van der Waals surface area contributed by atoms with Gasteiger partial charge >= 0.3 is 11.9 Å². The minimum atomic E-state index is -1.25. The minimum Gasteiger partial charge on any atom is -0.478 e. The number of aromatic carboxylic acids is 1. The lowest BCUT2D eigenvalue weighted by Crippen LogP contribution is -2.11. The van der Waals surface area contributed by atoms with Gasteiger partial charge in [-0.1, -0.05) is 19.4 Å². The van der Waals surface area contributed by atoms with Crippen molar-refractivity contribution in [1.29, 1.82) is 0 Å². The standard InChI is InChI=1S/C23H23N3O6S/c1-2-3-6-21-24-13-18(10-17(23(29)30)11-19-5-4-9-33-19)25(21)14-16-8-7-15(22(27)28)12-20(16)26(31)32/h4-5,7-10,12-13H,2-3,6,11,14H2,1H3,(H,27,28)(H,29,30). The molecule has 0 unspecified atom stereocenters. The second-order valence-electron chi connectivity index (χ2n) is 7.43. The summed E-state index contributed by atoms with van der Waals surface area (Å²) < 4.78 is 1.76. The lowest BCUT2D eigenvalue weighted by molar-refractivity contribution is -0.385. The number of nitro groups is 1. The van der Waals surface area contributed by atoms with Crippen molar-refractivity contribution < 1.29 is 24.7 Å². The Morgan fingerprint density at radius 3 is 2.67 bits per heavy atom. The van der Waals surface area contributed by atoms with Crippen LogP contribution in [0, 0.1) is 10.1 Å². The highest BCUT2D eigenvalue weighted by molar-refractivity contribution is 7.09. The highest BCUT2D eigenvalue weighted by atomic mass is 32.1. The summed E-state index contributed by atoms with van der Waals surface area (Å²) in [5.41, 5.74) is 0.525. The predicted molar refractivity (Wildman–Crippen MR) is 124 cm³/mol. The van der Waals surface area contributed by atoms with Crippen LogP contribution in [-0.2, 0) is 24.2 Å². The Kier molecular flexibility index (Phi) is 7.73. The van der Waals surface area contributed by atoms with E-state index in [2.05, 4.69) is 4.98 Å². The Morgan fingerprint density at radius 2 is 2.06 bits per heavy atom. The van der Waals surface area contributed by atoms with E-state index in [4.69, 9.17) is 0 Å². The molecular weight excluding hydrogens is 446 g/mol. The quantitative estimate of drug-likeness (QED) is 0.237. The molecule has 0 radical (unpaired) electrons. The first-order valence-corrected chi connectivity index (χ1v) is 11.2. The summed E-state index contributed by atoms with van der Waals surface area (Å²) in [5.74, 6) is -1.62. The number of imidazole rings is 1. The molecule has 0 fully saturated rings. The number of aliphatic carboxylic acids is 1. The maximum absolute atomic E-state index is 11.9. The summed E-state index contributed by atoms with van der Waals surface area (Å²) in [4.78, 5) is 39.5. The Morgan fingerprint density at radius 1 is 1.27 bits per heavy atom. The molecule has 10 heteroatoms. The van der Waals surface area contributed by atoms with Crippen LogP contribution in [0.4, 0.5) is 5.69 Å². The van der Waals surface area contributed by atoms with Crippen LogP contribution in [0.1, 0.15) is 52.1 Å². The molecule has 0 bridgehead atoms. The molecular formula is C23H23N3O6S. The second kappa shape index (κ2) is 10.7. The van der Waals surface area contributed by atoms with Crippen molar-refractivity contribution in [2.24, 2.45) is 0 Å². The third-order valence-corrected chi connectivity index (χ3v) is 6.00. The van der Waals surface area contributed by atoms with E-state index in [1.165, 1.54) is 23.5 Å². The second-order valence-corrected chi connectivity index (χ2v) is 8.46. The molecule has 172 valence electrons. The normalized spacial score (nSPS) is 11.5. The number of aromatic nitrogens is 2. The molecule has 0 atom stereocenters. The van der Waals surface area contributed by atoms with Gasteiger partial charge < -0.3 is 14.8 Å². The molecule has 33 heavy (non-hydrogen) atoms. The van der Waals surface area contributed by atoms with Crippen molar-refractivity contribution in [3.63, 3.8) is 0 Å². The molecule has 2 N–H and O–H groups in total. The van der Waals surface area contributed by atoms with Gasteiger partial charge in [0.15, 0.2) is 0 Å². The maximum atomic E-state index is 11.9. The molecule has 1 aromatic carbocycles. The van der Waals surface area contributed by atoms with Crippen LogP contribution in [-0.4, -0.2) is 36.6 Å². The lowest BCUT2D eigenvalue weighted by atomic mass is 10.1. The van der Waals surface area contributed by atoms with Crippen LogP contribution in [0.5, 0.6) is 0 Å². The molecule has 0 spiro atoms. The molecule has 2 heterocycles. The number of nitro benzene ring substituents is 1. The molecule has 2 aromatic heterocycles. The summed E-state index contributed by atoms with van der Waals surface area (Å²) in [5, 5.41) is 32.4. The van der Waals surface area contributed by atoms with Gasteiger partial charge in [-0.25, -0.2) is 14.6 Å². The van der Waals surface area contributed by atoms with Crippen molar-refractivity contribution in [2.45, 2.75) is 39.2 Å². The number of aryl methyl sites for hydroxylation is 1. The fourth-order valence-corrected chi connectivity index (χ4v) is 4.13. The fraction of sp³-hybridized carbons (Fsp3) is 0.261. The van der Waals surface area contributed by atoms with Gasteiger partial charge in [-0.05, 0) is 36.1 Å². The molecule has 0 aliphatic carbocycles. The maximum Gasteiger partial charge on any atom is 0.335 e. The van der Waals surface area contributed by atoms with Crippen LogP contribution in [0.25, 0.3) is 6.08 Å². The number of carbonyl (C=O) groups is 2. The van der Waals surface area contributed by atoms with E-state index in [0.717, 1.165) is 23.8 Å². The first-order chi connectivity index (χ1) is 15.8. The number of hydrogen-bond donors (Lipinski definition) is 2. The Balaban J connectivity index is 2.05. The zero-order valence-corrected chi connectivity index (χ0v) is 18.7. The van der Waals surface area contributed by atoms with E-state index < -0.39 is 16.9 Å². The van der Waals surface area contributed by atoms with Gasteiger partial charge in [-0.2, -0.15) is 0 Å². The van der Waals surface area contributed by atoms with Gasteiger partial charge in [0, 0.05) is 34.9 Å². The molecule has 3 rings (SSSR count). The number of rotatable bonds is 11. The van der Waals surface area contributed by atoms with E-state index >= 15 is 0 Å². The third kappa shape index (κ3) is 5.92. The van der Waals surface area contributed by atoms with Gasteiger partial charge in [-0.15, -0.1) is 11.3 Å². The number of thiophene rings is 1. The molecule has 0 aliphatic heterocycles. The van der Waals surface area contributed by atoms with Gasteiger partial charge in [0.05, 0.1) is 28.9 Å². The molecule has 0 saturated heterocycles. The smallest absolute Gasteiger partial charge is 0.335 e. The van der Waals surface area contributed by atoms with Crippen molar-refractivity contribution in [3.05, 3.63) is 85.1 Å². The lowest BCUT2D eigenvalue weighted by Gasteiger charge is -2.12. The van der Waals surface area contributed by atoms with Gasteiger partial charge in [-0.3, -0.25) is 10.1 Å². The van der Waals surface area contributed by atoms with E-state index in [1.807, 2.05) is 24.4 Å². The molecule has 9 nitrogen and oxygen atoms in total. The first-order valence-electron chi connectivity index (χ1n) is 10.3. The third-order valence-electron chi connectivity index (χ3n) is 5.12. The highest BCUT2D eigenvalue weighted by Gasteiger charge is 2.20. The fourth-order valence-electron chi connectivity index (χ4n) is 3.40. The number of carboxylic acid groups (broad SMARTS) is 2. The van der Waals surface area contributed by atoms with E-state index in [9.17, 15) is 29.9 Å². The SMILES string of the molecule is CCCCc1ncc(C=C(Cc2cccs2)C(=O)O)n1Cc1ccc(C(=O)O)cc1[N+](=O)[O-]. The number of nitrogens with zero attached hydrogens (tertiary/aromatic N) is 3. The summed E-state index contributed by atoms with van der Waals surface area (Å²) in [6.07, 6.45) is 5.75. The van der Waals surface area contributed by atoms with Crippen LogP contribution in [0.3, 0.4) is 0 Å². The first kappa shape index (κ1) is 23.9. The number of hydrogen-bond acceptors (Lipinski definition) is 6. The number of unbranched alkanes of at least 4 members (excludes halogenated alkanes) is 1. The molecule has 0 aliphatic rings. The number of carboxylic acids is 2. The van der Waals surface area contributed by atoms with E-state index in [1.54, 1.807) is 16.8 Å². The van der Waals surface area contributed by atoms with Gasteiger partial charge in [0.2, 0.25) is 0 Å². The summed E-state index contributed by atoms with van der Waals surface area (Å²) in [6, 6.07) is 7.49. The zero-order chi connectivity index (χ0) is 24.0. The van der Waals surface area contributed by atoms with E-state index in [0.29, 0.717) is 23.5 Å². The zero-order valence-electron chi connectivity index (χ0n) is 17.9. The molecule has 3 aromatic rings. The predicted octanol–water partition coefficient (Wildman–Crippen LogP) is 4.65. The monoisotopic (exact) mass is 469 g/mol. The minimum absolute atomic E-state index is 0.0625. The largest absolute Gasteiger partial charge is 0.478 e. The van der Waals surface area contributed by atoms with Gasteiger partial charge in [0.1, 0.15) is 5.82 Å². The Hall–Kier alpha value is -3.79. The van der Waals surface area contributed by atoms with Crippen LogP contribution in [0.2, 0.25) is 0 Å². The summed E-state index contributed by atoms with van der Waals surface area (Å²) in [6.45, 7) is 2.10. The topological polar surface area (TPSA) is 136 Å². The number of benzene rings is 1. The highest BCUT2D eigenvalue weighted by Crippen LogP contribution is 2.25. The molecule has 0 amide bonds. The molecule has 0 saturated carbocycles. The average molecular weight is 470 g/mol.